The Morgan fingerprint density at radius 3 is 3.04 bits per heavy atom. The number of likely N-dealkylation sites (tertiary alicyclic amines) is 1. The van der Waals surface area contributed by atoms with Crippen LogP contribution in [0, 0.1) is 5.92 Å². The summed E-state index contributed by atoms with van der Waals surface area (Å²) < 4.78 is 13.1. The smallest absolute Gasteiger partial charge is 0.257 e. The van der Waals surface area contributed by atoms with Crippen molar-refractivity contribution in [2.75, 3.05) is 32.8 Å². The van der Waals surface area contributed by atoms with Gasteiger partial charge in [0, 0.05) is 45.3 Å². The highest BCUT2D eigenvalue weighted by atomic mass is 16.5. The first-order valence-electron chi connectivity index (χ1n) is 8.33. The van der Waals surface area contributed by atoms with Gasteiger partial charge in [-0.2, -0.15) is 5.10 Å². The lowest BCUT2D eigenvalue weighted by atomic mass is 10.1. The van der Waals surface area contributed by atoms with Gasteiger partial charge in [-0.3, -0.25) is 14.4 Å². The molecule has 2 aromatic heterocycles. The van der Waals surface area contributed by atoms with Gasteiger partial charge in [0.25, 0.3) is 5.91 Å². The summed E-state index contributed by atoms with van der Waals surface area (Å²) in [5.74, 6) is 1.34. The second-order valence-corrected chi connectivity index (χ2v) is 6.60. The van der Waals surface area contributed by atoms with Crippen LogP contribution < -0.4 is 0 Å². The average molecular weight is 330 g/mol. The third kappa shape index (κ3) is 3.09. The Labute approximate surface area is 140 Å². The van der Waals surface area contributed by atoms with Crippen LogP contribution in [0.5, 0.6) is 0 Å². The number of carbonyl (C=O) groups excluding carboxylic acids is 1. The lowest BCUT2D eigenvalue weighted by Crippen LogP contribution is -2.37. The molecule has 0 bridgehead atoms. The van der Waals surface area contributed by atoms with E-state index in [-0.39, 0.29) is 12.0 Å². The van der Waals surface area contributed by atoms with E-state index in [0.29, 0.717) is 24.6 Å². The van der Waals surface area contributed by atoms with E-state index in [4.69, 9.17) is 9.15 Å². The molecule has 0 aliphatic carbocycles. The summed E-state index contributed by atoms with van der Waals surface area (Å²) in [5, 5.41) is 4.10. The van der Waals surface area contributed by atoms with Crippen molar-refractivity contribution in [3.8, 4) is 0 Å². The molecule has 2 aliphatic rings. The van der Waals surface area contributed by atoms with Crippen molar-refractivity contribution >= 4 is 5.91 Å². The van der Waals surface area contributed by atoms with Crippen molar-refractivity contribution in [3.05, 3.63) is 42.1 Å². The number of ether oxygens (including phenoxy) is 1. The monoisotopic (exact) mass is 330 g/mol. The number of hydrogen-bond donors (Lipinski definition) is 0. The van der Waals surface area contributed by atoms with Crippen molar-refractivity contribution in [1.29, 1.82) is 0 Å². The fraction of sp³-hybridized carbons (Fsp3) is 0.529. The maximum atomic E-state index is 12.7. The summed E-state index contributed by atoms with van der Waals surface area (Å²) in [5.41, 5.74) is 0.640. The molecule has 2 aliphatic heterocycles. The molecule has 0 saturated carbocycles. The largest absolute Gasteiger partial charge is 0.468 e. The van der Waals surface area contributed by atoms with Gasteiger partial charge in [0.05, 0.1) is 37.3 Å². The number of furan rings is 1. The third-order valence-electron chi connectivity index (χ3n) is 4.80. The minimum absolute atomic E-state index is 0.0387. The van der Waals surface area contributed by atoms with Crippen LogP contribution in [0.3, 0.4) is 0 Å². The summed E-state index contributed by atoms with van der Waals surface area (Å²) in [7, 11) is 1.82. The molecule has 7 nitrogen and oxygen atoms in total. The molecule has 4 rings (SSSR count). The van der Waals surface area contributed by atoms with Crippen molar-refractivity contribution < 1.29 is 13.9 Å². The number of nitrogens with zero attached hydrogens (tertiary/aromatic N) is 4. The Bertz CT molecular complexity index is 697. The Morgan fingerprint density at radius 1 is 1.38 bits per heavy atom. The highest BCUT2D eigenvalue weighted by Crippen LogP contribution is 2.25. The zero-order valence-electron chi connectivity index (χ0n) is 13.8. The molecule has 2 atom stereocenters. The Hall–Kier alpha value is -2.12. The Morgan fingerprint density at radius 2 is 2.29 bits per heavy atom. The first kappa shape index (κ1) is 15.4. The van der Waals surface area contributed by atoms with Gasteiger partial charge in [-0.05, 0) is 12.1 Å². The molecule has 128 valence electrons. The lowest BCUT2D eigenvalue weighted by Gasteiger charge is -2.23. The van der Waals surface area contributed by atoms with Crippen molar-refractivity contribution in [1.82, 2.24) is 19.6 Å². The van der Waals surface area contributed by atoms with Crippen molar-refractivity contribution in [2.24, 2.45) is 13.0 Å². The molecule has 7 heteroatoms. The quantitative estimate of drug-likeness (QED) is 0.840. The van der Waals surface area contributed by atoms with Gasteiger partial charge in [0.15, 0.2) is 0 Å². The number of rotatable bonds is 3. The van der Waals surface area contributed by atoms with Crippen LogP contribution >= 0.6 is 0 Å². The van der Waals surface area contributed by atoms with Gasteiger partial charge in [-0.1, -0.05) is 0 Å². The van der Waals surface area contributed by atoms with Crippen LogP contribution in [0.2, 0.25) is 0 Å². The van der Waals surface area contributed by atoms with Gasteiger partial charge >= 0.3 is 0 Å². The minimum Gasteiger partial charge on any atom is -0.468 e. The topological polar surface area (TPSA) is 63.7 Å². The van der Waals surface area contributed by atoms with Crippen LogP contribution in [0.25, 0.3) is 0 Å². The molecular weight excluding hydrogens is 308 g/mol. The molecule has 0 N–H and O–H groups in total. The normalized spacial score (nSPS) is 24.8. The average Bonchev–Trinajstić information content (AvgIpc) is 3.27. The van der Waals surface area contributed by atoms with Gasteiger partial charge in [-0.15, -0.1) is 0 Å². The summed E-state index contributed by atoms with van der Waals surface area (Å²) in [6, 6.07) is 3.90. The van der Waals surface area contributed by atoms with E-state index in [0.717, 1.165) is 31.9 Å². The molecular formula is C17H22N4O3. The van der Waals surface area contributed by atoms with Crippen LogP contribution in [-0.2, 0) is 18.3 Å². The number of hydrogen-bond acceptors (Lipinski definition) is 5. The van der Waals surface area contributed by atoms with E-state index in [1.165, 1.54) is 0 Å². The molecule has 4 heterocycles. The van der Waals surface area contributed by atoms with Gasteiger partial charge < -0.3 is 14.1 Å². The minimum atomic E-state index is 0.0387. The zero-order chi connectivity index (χ0) is 16.5. The van der Waals surface area contributed by atoms with E-state index in [2.05, 4.69) is 10.00 Å². The predicted molar refractivity (Wildman–Crippen MR) is 86.3 cm³/mol. The van der Waals surface area contributed by atoms with E-state index in [1.807, 2.05) is 24.1 Å². The highest BCUT2D eigenvalue weighted by Gasteiger charge is 2.38. The second kappa shape index (κ2) is 6.41. The fourth-order valence-electron chi connectivity index (χ4n) is 3.63. The molecule has 2 aromatic rings. The summed E-state index contributed by atoms with van der Waals surface area (Å²) in [6.45, 7) is 4.55. The first-order valence-corrected chi connectivity index (χ1v) is 8.33. The molecule has 2 saturated heterocycles. The van der Waals surface area contributed by atoms with Gasteiger partial charge in [-0.25, -0.2) is 0 Å². The van der Waals surface area contributed by atoms with Crippen molar-refractivity contribution in [3.63, 3.8) is 0 Å². The van der Waals surface area contributed by atoms with Crippen molar-refractivity contribution in [2.45, 2.75) is 12.6 Å². The number of aromatic nitrogens is 2. The molecule has 24 heavy (non-hydrogen) atoms. The molecule has 0 spiro atoms. The van der Waals surface area contributed by atoms with E-state index in [9.17, 15) is 4.79 Å². The number of amides is 1. The third-order valence-corrected chi connectivity index (χ3v) is 4.80. The second-order valence-electron chi connectivity index (χ2n) is 6.60. The summed E-state index contributed by atoms with van der Waals surface area (Å²) in [4.78, 5) is 16.9. The molecule has 2 fully saturated rings. The van der Waals surface area contributed by atoms with E-state index < -0.39 is 0 Å². The predicted octanol–water partition coefficient (Wildman–Crippen LogP) is 0.986. The van der Waals surface area contributed by atoms with Crippen LogP contribution in [0.1, 0.15) is 16.1 Å². The van der Waals surface area contributed by atoms with Crippen LogP contribution in [0.15, 0.2) is 35.2 Å². The van der Waals surface area contributed by atoms with Gasteiger partial charge in [0.2, 0.25) is 0 Å². The lowest BCUT2D eigenvalue weighted by molar-refractivity contribution is 0.0497. The number of carbonyl (C=O) groups is 1. The molecule has 0 radical (unpaired) electrons. The summed E-state index contributed by atoms with van der Waals surface area (Å²) >= 11 is 0. The SMILES string of the molecule is Cn1cc(C(=O)N2CCO[C@@H]3CN(Cc4ccco4)C[C@@H]3C2)cn1. The number of fused-ring (bicyclic) bond motifs is 1. The Balaban J connectivity index is 1.41. The maximum Gasteiger partial charge on any atom is 0.257 e. The fourth-order valence-corrected chi connectivity index (χ4v) is 3.63. The molecule has 1 amide bonds. The molecule has 0 unspecified atom stereocenters. The Kier molecular flexibility index (Phi) is 4.12. The zero-order valence-corrected chi connectivity index (χ0v) is 13.8. The van der Waals surface area contributed by atoms with E-state index in [1.54, 1.807) is 23.3 Å². The number of aryl methyl sites for hydroxylation is 1. The maximum absolute atomic E-state index is 12.7. The highest BCUT2D eigenvalue weighted by molar-refractivity contribution is 5.93. The van der Waals surface area contributed by atoms with Crippen LogP contribution in [-0.4, -0.2) is 64.4 Å². The summed E-state index contributed by atoms with van der Waals surface area (Å²) in [6.07, 6.45) is 5.29. The van der Waals surface area contributed by atoms with E-state index >= 15 is 0 Å². The first-order chi connectivity index (χ1) is 11.7. The standard InChI is InChI=1S/C17H22N4O3/c1-19-8-13(7-18-19)17(22)21-4-6-24-16-12-20(9-14(16)10-21)11-15-3-2-5-23-15/h2-3,5,7-8,14,16H,4,6,9-12H2,1H3/t14-,16-/m1/s1. The molecule has 0 aromatic carbocycles. The van der Waals surface area contributed by atoms with Gasteiger partial charge in [0.1, 0.15) is 5.76 Å². The van der Waals surface area contributed by atoms with Crippen LogP contribution in [0.4, 0.5) is 0 Å².